The van der Waals surface area contributed by atoms with Gasteiger partial charge in [-0.1, -0.05) is 5.57 Å². The first-order valence-electron chi connectivity index (χ1n) is 5.84. The summed E-state index contributed by atoms with van der Waals surface area (Å²) in [5, 5.41) is 0. The second kappa shape index (κ2) is 6.79. The van der Waals surface area contributed by atoms with E-state index in [2.05, 4.69) is 4.74 Å². The van der Waals surface area contributed by atoms with Gasteiger partial charge in [0, 0.05) is 13.0 Å². The number of hydrogen-bond donors (Lipinski definition) is 0. The van der Waals surface area contributed by atoms with Gasteiger partial charge in [0.2, 0.25) is 0 Å². The molecule has 0 amide bonds. The predicted octanol–water partition coefficient (Wildman–Crippen LogP) is 3.42. The van der Waals surface area contributed by atoms with Gasteiger partial charge < -0.3 is 4.74 Å². The Kier molecular flexibility index (Phi) is 5.68. The zero-order valence-electron chi connectivity index (χ0n) is 9.68. The number of hydrogen-bond acceptors (Lipinski definition) is 2. The third-order valence-electron chi connectivity index (χ3n) is 2.59. The van der Waals surface area contributed by atoms with Crippen LogP contribution in [0.2, 0.25) is 0 Å². The Labute approximate surface area is 98.8 Å². The average Bonchev–Trinajstić information content (AvgIpc) is 2.40. The molecule has 0 unspecified atom stereocenters. The molecule has 0 saturated heterocycles. The van der Waals surface area contributed by atoms with Crippen molar-refractivity contribution in [2.24, 2.45) is 0 Å². The van der Waals surface area contributed by atoms with Gasteiger partial charge in [0.25, 0.3) is 0 Å². The largest absolute Gasteiger partial charge is 0.411 e. The maximum atomic E-state index is 11.8. The van der Waals surface area contributed by atoms with Crippen LogP contribution in [0.3, 0.4) is 0 Å². The lowest BCUT2D eigenvalue weighted by atomic mass is 10.1. The third-order valence-corrected chi connectivity index (χ3v) is 2.59. The molecule has 98 valence electrons. The van der Waals surface area contributed by atoms with Crippen LogP contribution in [0.1, 0.15) is 38.5 Å². The second-order valence-electron chi connectivity index (χ2n) is 4.25. The number of ketones is 1. The molecule has 0 spiro atoms. The molecule has 1 rings (SSSR count). The highest BCUT2D eigenvalue weighted by molar-refractivity contribution is 5.90. The molecule has 0 N–H and O–H groups in total. The molecule has 0 aromatic rings. The quantitative estimate of drug-likeness (QED) is 0.699. The van der Waals surface area contributed by atoms with Crippen molar-refractivity contribution < 1.29 is 22.7 Å². The van der Waals surface area contributed by atoms with Gasteiger partial charge in [-0.3, -0.25) is 4.79 Å². The van der Waals surface area contributed by atoms with Crippen molar-refractivity contribution in [1.82, 2.24) is 0 Å². The molecule has 2 nitrogen and oxygen atoms in total. The maximum absolute atomic E-state index is 11.8. The van der Waals surface area contributed by atoms with Crippen molar-refractivity contribution in [2.45, 2.75) is 44.7 Å². The number of carbonyl (C=O) groups is 1. The van der Waals surface area contributed by atoms with E-state index in [0.29, 0.717) is 19.3 Å². The van der Waals surface area contributed by atoms with Gasteiger partial charge in [0.1, 0.15) is 6.61 Å². The third kappa shape index (κ3) is 7.15. The Bertz CT molecular complexity index is 282. The van der Waals surface area contributed by atoms with Gasteiger partial charge in [-0.2, -0.15) is 13.2 Å². The molecule has 0 radical (unpaired) electrons. The Morgan fingerprint density at radius 2 is 1.94 bits per heavy atom. The van der Waals surface area contributed by atoms with Crippen LogP contribution in [0, 0.1) is 0 Å². The first kappa shape index (κ1) is 14.2. The van der Waals surface area contributed by atoms with Crippen LogP contribution >= 0.6 is 0 Å². The minimum absolute atomic E-state index is 0.0883. The van der Waals surface area contributed by atoms with Crippen molar-refractivity contribution >= 4 is 5.78 Å². The lowest BCUT2D eigenvalue weighted by Gasteiger charge is -2.08. The topological polar surface area (TPSA) is 26.3 Å². The van der Waals surface area contributed by atoms with Crippen LogP contribution in [0.15, 0.2) is 11.6 Å². The van der Waals surface area contributed by atoms with Crippen LogP contribution in [0.25, 0.3) is 0 Å². The summed E-state index contributed by atoms with van der Waals surface area (Å²) in [5.41, 5.74) is 1.04. The summed E-state index contributed by atoms with van der Waals surface area (Å²) in [6, 6.07) is 0. The fourth-order valence-electron chi connectivity index (χ4n) is 1.81. The van der Waals surface area contributed by atoms with Gasteiger partial charge in [-0.15, -0.1) is 0 Å². The molecule has 0 atom stereocenters. The number of halogens is 3. The molecule has 0 aromatic carbocycles. The Balaban J connectivity index is 2.15. The van der Waals surface area contributed by atoms with E-state index in [9.17, 15) is 18.0 Å². The van der Waals surface area contributed by atoms with Gasteiger partial charge >= 0.3 is 6.18 Å². The highest BCUT2D eigenvalue weighted by Gasteiger charge is 2.27. The first-order chi connectivity index (χ1) is 7.97. The van der Waals surface area contributed by atoms with E-state index in [0.717, 1.165) is 24.8 Å². The molecular weight excluding hydrogens is 233 g/mol. The summed E-state index contributed by atoms with van der Waals surface area (Å²) in [6.07, 6.45) is 1.95. The summed E-state index contributed by atoms with van der Waals surface area (Å²) >= 11 is 0. The van der Waals surface area contributed by atoms with Crippen LogP contribution in [0.4, 0.5) is 13.2 Å². The summed E-state index contributed by atoms with van der Waals surface area (Å²) in [7, 11) is 0. The number of rotatable bonds is 5. The zero-order chi connectivity index (χ0) is 12.7. The summed E-state index contributed by atoms with van der Waals surface area (Å²) in [5.74, 6) is 0.133. The van der Waals surface area contributed by atoms with Crippen molar-refractivity contribution in [3.8, 4) is 0 Å². The van der Waals surface area contributed by atoms with Crippen molar-refractivity contribution in [3.05, 3.63) is 11.6 Å². The molecule has 0 fully saturated rings. The standard InChI is InChI=1S/C12H17F3O2/c13-12(14,15)9-17-7-3-5-10-4-1-2-6-11(16)8-10/h8H,1-7,9H2. The number of carbonyl (C=O) groups excluding carboxylic acids is 1. The number of ether oxygens (including phenoxy) is 1. The van der Waals surface area contributed by atoms with E-state index in [4.69, 9.17) is 0 Å². The molecule has 1 aliphatic rings. The molecule has 17 heavy (non-hydrogen) atoms. The average molecular weight is 250 g/mol. The normalized spacial score (nSPS) is 17.8. The lowest BCUT2D eigenvalue weighted by molar-refractivity contribution is -0.174. The zero-order valence-corrected chi connectivity index (χ0v) is 9.68. The van der Waals surface area contributed by atoms with Crippen LogP contribution < -0.4 is 0 Å². The van der Waals surface area contributed by atoms with E-state index >= 15 is 0 Å². The van der Waals surface area contributed by atoms with Crippen LogP contribution in [-0.2, 0) is 9.53 Å². The summed E-state index contributed by atoms with van der Waals surface area (Å²) in [6.45, 7) is -1.10. The van der Waals surface area contributed by atoms with Gasteiger partial charge in [-0.25, -0.2) is 0 Å². The number of alkyl halides is 3. The smallest absolute Gasteiger partial charge is 0.372 e. The Hall–Kier alpha value is -0.840. The molecule has 0 bridgehead atoms. The van der Waals surface area contributed by atoms with E-state index in [-0.39, 0.29) is 12.4 Å². The fraction of sp³-hybridized carbons (Fsp3) is 0.750. The Morgan fingerprint density at radius 3 is 2.65 bits per heavy atom. The van der Waals surface area contributed by atoms with E-state index in [1.54, 1.807) is 6.08 Å². The van der Waals surface area contributed by atoms with Gasteiger partial charge in [-0.05, 0) is 38.2 Å². The van der Waals surface area contributed by atoms with Gasteiger partial charge in [0.05, 0.1) is 0 Å². The molecule has 5 heteroatoms. The van der Waals surface area contributed by atoms with E-state index < -0.39 is 12.8 Å². The van der Waals surface area contributed by atoms with E-state index in [1.165, 1.54) is 0 Å². The van der Waals surface area contributed by atoms with Crippen molar-refractivity contribution in [1.29, 1.82) is 0 Å². The second-order valence-corrected chi connectivity index (χ2v) is 4.25. The predicted molar refractivity (Wildman–Crippen MR) is 57.7 cm³/mol. The molecule has 0 aromatic heterocycles. The minimum Gasteiger partial charge on any atom is -0.372 e. The first-order valence-corrected chi connectivity index (χ1v) is 5.84. The SMILES string of the molecule is O=C1C=C(CCCOCC(F)(F)F)CCCC1. The van der Waals surface area contributed by atoms with Crippen molar-refractivity contribution in [2.75, 3.05) is 13.2 Å². The molecule has 1 aliphatic carbocycles. The molecule has 0 saturated carbocycles. The lowest BCUT2D eigenvalue weighted by Crippen LogP contribution is -2.17. The number of allylic oxidation sites excluding steroid dienone is 2. The minimum atomic E-state index is -4.25. The highest BCUT2D eigenvalue weighted by atomic mass is 19.4. The summed E-state index contributed by atoms with van der Waals surface area (Å²) < 4.78 is 39.8. The van der Waals surface area contributed by atoms with Crippen LogP contribution in [0.5, 0.6) is 0 Å². The molecule has 0 heterocycles. The molecule has 0 aliphatic heterocycles. The monoisotopic (exact) mass is 250 g/mol. The Morgan fingerprint density at radius 1 is 1.24 bits per heavy atom. The summed E-state index contributed by atoms with van der Waals surface area (Å²) in [4.78, 5) is 11.3. The van der Waals surface area contributed by atoms with Crippen LogP contribution in [-0.4, -0.2) is 25.2 Å². The van der Waals surface area contributed by atoms with Gasteiger partial charge in [0.15, 0.2) is 5.78 Å². The van der Waals surface area contributed by atoms with Crippen molar-refractivity contribution in [3.63, 3.8) is 0 Å². The maximum Gasteiger partial charge on any atom is 0.411 e. The molecular formula is C12H17F3O2. The fourth-order valence-corrected chi connectivity index (χ4v) is 1.81. The van der Waals surface area contributed by atoms with E-state index in [1.807, 2.05) is 0 Å². The highest BCUT2D eigenvalue weighted by Crippen LogP contribution is 2.20.